The summed E-state index contributed by atoms with van der Waals surface area (Å²) in [6.07, 6.45) is 2.20. The van der Waals surface area contributed by atoms with Crippen LogP contribution in [0.1, 0.15) is 11.3 Å². The van der Waals surface area contributed by atoms with Gasteiger partial charge in [0.2, 0.25) is 0 Å². The SMILES string of the molecule is O=c1[nH]cc(-c2ccccc2)nc1Cc1ccccc1. The van der Waals surface area contributed by atoms with Crippen molar-refractivity contribution in [1.82, 2.24) is 9.97 Å². The Hall–Kier alpha value is -2.68. The van der Waals surface area contributed by atoms with Crippen LogP contribution in [0.25, 0.3) is 11.3 Å². The molecule has 0 amide bonds. The molecule has 0 spiro atoms. The number of nitrogens with zero attached hydrogens (tertiary/aromatic N) is 1. The third-order valence-corrected chi connectivity index (χ3v) is 3.14. The Balaban J connectivity index is 1.98. The van der Waals surface area contributed by atoms with Crippen LogP contribution in [-0.4, -0.2) is 9.97 Å². The lowest BCUT2D eigenvalue weighted by molar-refractivity contribution is 0.995. The van der Waals surface area contributed by atoms with Crippen molar-refractivity contribution in [3.8, 4) is 11.3 Å². The van der Waals surface area contributed by atoms with Crippen molar-refractivity contribution in [2.24, 2.45) is 0 Å². The molecule has 0 bridgehead atoms. The quantitative estimate of drug-likeness (QED) is 0.788. The van der Waals surface area contributed by atoms with E-state index in [0.717, 1.165) is 16.8 Å². The van der Waals surface area contributed by atoms with Gasteiger partial charge in [0.15, 0.2) is 0 Å². The van der Waals surface area contributed by atoms with Crippen molar-refractivity contribution in [3.63, 3.8) is 0 Å². The van der Waals surface area contributed by atoms with Crippen molar-refractivity contribution in [1.29, 1.82) is 0 Å². The highest BCUT2D eigenvalue weighted by Crippen LogP contribution is 2.15. The second-order valence-corrected chi connectivity index (χ2v) is 4.59. The summed E-state index contributed by atoms with van der Waals surface area (Å²) < 4.78 is 0. The van der Waals surface area contributed by atoms with Crippen LogP contribution in [0.2, 0.25) is 0 Å². The summed E-state index contributed by atoms with van der Waals surface area (Å²) in [7, 11) is 0. The van der Waals surface area contributed by atoms with Crippen molar-refractivity contribution in [2.75, 3.05) is 0 Å². The lowest BCUT2D eigenvalue weighted by atomic mass is 10.1. The predicted molar refractivity (Wildman–Crippen MR) is 79.5 cm³/mol. The normalized spacial score (nSPS) is 10.4. The first-order valence-electron chi connectivity index (χ1n) is 6.51. The smallest absolute Gasteiger partial charge is 0.270 e. The standard InChI is InChI=1S/C17H14N2O/c20-17-15(11-13-7-3-1-4-8-13)19-16(12-18-17)14-9-5-2-6-10-14/h1-10,12H,11H2,(H,18,20). The zero-order valence-electron chi connectivity index (χ0n) is 10.9. The number of H-pyrrole nitrogens is 1. The molecule has 20 heavy (non-hydrogen) atoms. The Morgan fingerprint density at radius 1 is 0.900 bits per heavy atom. The van der Waals surface area contributed by atoms with Gasteiger partial charge in [-0.3, -0.25) is 4.79 Å². The van der Waals surface area contributed by atoms with Crippen LogP contribution in [0.3, 0.4) is 0 Å². The van der Waals surface area contributed by atoms with Crippen LogP contribution in [0.5, 0.6) is 0 Å². The van der Waals surface area contributed by atoms with Gasteiger partial charge in [-0.25, -0.2) is 4.98 Å². The van der Waals surface area contributed by atoms with E-state index in [1.165, 1.54) is 0 Å². The first kappa shape index (κ1) is 12.4. The molecule has 1 heterocycles. The van der Waals surface area contributed by atoms with E-state index in [0.29, 0.717) is 12.1 Å². The first-order chi connectivity index (χ1) is 9.83. The summed E-state index contributed by atoms with van der Waals surface area (Å²) in [4.78, 5) is 19.2. The van der Waals surface area contributed by atoms with Crippen LogP contribution in [0.15, 0.2) is 71.7 Å². The highest BCUT2D eigenvalue weighted by molar-refractivity contribution is 5.57. The van der Waals surface area contributed by atoms with Gasteiger partial charge in [0.25, 0.3) is 5.56 Å². The van der Waals surface area contributed by atoms with Crippen molar-refractivity contribution >= 4 is 0 Å². The van der Waals surface area contributed by atoms with Crippen LogP contribution in [0.4, 0.5) is 0 Å². The molecule has 0 saturated heterocycles. The van der Waals surface area contributed by atoms with Gasteiger partial charge in [0.1, 0.15) is 5.69 Å². The molecule has 0 atom stereocenters. The number of benzene rings is 2. The Morgan fingerprint density at radius 2 is 1.55 bits per heavy atom. The Bertz CT molecular complexity index is 749. The summed E-state index contributed by atoms with van der Waals surface area (Å²) in [6.45, 7) is 0. The number of hydrogen-bond acceptors (Lipinski definition) is 2. The predicted octanol–water partition coefficient (Wildman–Crippen LogP) is 3.03. The maximum atomic E-state index is 11.9. The Kier molecular flexibility index (Phi) is 3.42. The third kappa shape index (κ3) is 2.67. The molecule has 0 radical (unpaired) electrons. The minimum absolute atomic E-state index is 0.131. The average molecular weight is 262 g/mol. The Morgan fingerprint density at radius 3 is 2.25 bits per heavy atom. The fourth-order valence-electron chi connectivity index (χ4n) is 2.11. The molecule has 3 heteroatoms. The van der Waals surface area contributed by atoms with E-state index < -0.39 is 0 Å². The number of nitrogens with one attached hydrogen (secondary N) is 1. The lowest BCUT2D eigenvalue weighted by Gasteiger charge is -2.04. The first-order valence-corrected chi connectivity index (χ1v) is 6.51. The summed E-state index contributed by atoms with van der Waals surface area (Å²) in [5.41, 5.74) is 3.27. The molecule has 0 saturated carbocycles. The Labute approximate surface area is 117 Å². The van der Waals surface area contributed by atoms with Crippen LogP contribution in [0, 0.1) is 0 Å². The van der Waals surface area contributed by atoms with Gasteiger partial charge >= 0.3 is 0 Å². The molecule has 0 fully saturated rings. The van der Waals surface area contributed by atoms with Crippen molar-refractivity contribution in [2.45, 2.75) is 6.42 Å². The summed E-state index contributed by atoms with van der Waals surface area (Å²) in [6, 6.07) is 19.7. The van der Waals surface area contributed by atoms with Gasteiger partial charge in [-0.2, -0.15) is 0 Å². The van der Waals surface area contributed by atoms with Gasteiger partial charge in [0.05, 0.1) is 5.69 Å². The zero-order chi connectivity index (χ0) is 13.8. The molecular weight excluding hydrogens is 248 g/mol. The van der Waals surface area contributed by atoms with E-state index in [9.17, 15) is 4.79 Å². The number of aromatic nitrogens is 2. The van der Waals surface area contributed by atoms with E-state index in [2.05, 4.69) is 9.97 Å². The van der Waals surface area contributed by atoms with Gasteiger partial charge in [-0.05, 0) is 5.56 Å². The topological polar surface area (TPSA) is 45.8 Å². The van der Waals surface area contributed by atoms with E-state index in [1.54, 1.807) is 6.20 Å². The van der Waals surface area contributed by atoms with Crippen LogP contribution >= 0.6 is 0 Å². The number of rotatable bonds is 3. The summed E-state index contributed by atoms with van der Waals surface area (Å²) >= 11 is 0. The maximum Gasteiger partial charge on any atom is 0.270 e. The van der Waals surface area contributed by atoms with E-state index in [-0.39, 0.29) is 5.56 Å². The number of aromatic amines is 1. The molecule has 2 aromatic carbocycles. The summed E-state index contributed by atoms with van der Waals surface area (Å²) in [5, 5.41) is 0. The van der Waals surface area contributed by atoms with Gasteiger partial charge in [-0.1, -0.05) is 60.7 Å². The fraction of sp³-hybridized carbons (Fsp3) is 0.0588. The van der Waals surface area contributed by atoms with Gasteiger partial charge < -0.3 is 4.98 Å². The largest absolute Gasteiger partial charge is 0.325 e. The summed E-state index contributed by atoms with van der Waals surface area (Å²) in [5.74, 6) is 0. The monoisotopic (exact) mass is 262 g/mol. The molecule has 3 nitrogen and oxygen atoms in total. The van der Waals surface area contributed by atoms with Crippen molar-refractivity contribution < 1.29 is 0 Å². The molecule has 0 unspecified atom stereocenters. The molecular formula is C17H14N2O. The van der Waals surface area contributed by atoms with E-state index >= 15 is 0 Å². The minimum atomic E-state index is -0.131. The molecule has 98 valence electrons. The maximum absolute atomic E-state index is 11.9. The lowest BCUT2D eigenvalue weighted by Crippen LogP contribution is -2.15. The highest BCUT2D eigenvalue weighted by Gasteiger charge is 2.06. The second-order valence-electron chi connectivity index (χ2n) is 4.59. The highest BCUT2D eigenvalue weighted by atomic mass is 16.1. The molecule has 0 aliphatic heterocycles. The second kappa shape index (κ2) is 5.53. The molecule has 0 aliphatic rings. The molecule has 0 aliphatic carbocycles. The van der Waals surface area contributed by atoms with E-state index in [1.807, 2.05) is 60.7 Å². The van der Waals surface area contributed by atoms with E-state index in [4.69, 9.17) is 0 Å². The van der Waals surface area contributed by atoms with Crippen LogP contribution in [-0.2, 0) is 6.42 Å². The average Bonchev–Trinajstić information content (AvgIpc) is 2.51. The molecule has 1 N–H and O–H groups in total. The molecule has 3 aromatic rings. The zero-order valence-corrected chi connectivity index (χ0v) is 10.9. The van der Waals surface area contributed by atoms with Crippen molar-refractivity contribution in [3.05, 3.63) is 88.5 Å². The third-order valence-electron chi connectivity index (χ3n) is 3.14. The molecule has 3 rings (SSSR count). The number of hydrogen-bond donors (Lipinski definition) is 1. The minimum Gasteiger partial charge on any atom is -0.325 e. The van der Waals surface area contributed by atoms with Crippen LogP contribution < -0.4 is 5.56 Å². The fourth-order valence-corrected chi connectivity index (χ4v) is 2.11. The molecule has 1 aromatic heterocycles. The van der Waals surface area contributed by atoms with Gasteiger partial charge in [-0.15, -0.1) is 0 Å². The van der Waals surface area contributed by atoms with Gasteiger partial charge in [0, 0.05) is 18.2 Å².